The Morgan fingerprint density at radius 3 is 2.57 bits per heavy atom. The second-order valence-electron chi connectivity index (χ2n) is 7.09. The molecule has 1 aliphatic carbocycles. The van der Waals surface area contributed by atoms with Gasteiger partial charge in [-0.05, 0) is 37.8 Å². The van der Waals surface area contributed by atoms with E-state index in [1.165, 1.54) is 19.1 Å². The number of halogens is 1. The van der Waals surface area contributed by atoms with Crippen molar-refractivity contribution in [2.45, 2.75) is 38.3 Å². The zero-order valence-electron chi connectivity index (χ0n) is 18.0. The van der Waals surface area contributed by atoms with Crippen LogP contribution < -0.4 is 20.1 Å². The number of methoxy groups -OCH3 is 1. The van der Waals surface area contributed by atoms with E-state index < -0.39 is 9.84 Å². The van der Waals surface area contributed by atoms with Crippen molar-refractivity contribution in [1.29, 1.82) is 0 Å². The zero-order chi connectivity index (χ0) is 21.1. The third kappa shape index (κ3) is 10.2. The van der Waals surface area contributed by atoms with Crippen molar-refractivity contribution >= 4 is 39.8 Å². The van der Waals surface area contributed by atoms with Gasteiger partial charge in [0.1, 0.15) is 21.3 Å². The molecule has 0 radical (unpaired) electrons. The van der Waals surface area contributed by atoms with E-state index in [0.717, 1.165) is 29.9 Å². The van der Waals surface area contributed by atoms with Gasteiger partial charge in [-0.15, -0.1) is 24.0 Å². The Morgan fingerprint density at radius 1 is 1.20 bits per heavy atom. The Bertz CT molecular complexity index is 768. The van der Waals surface area contributed by atoms with Gasteiger partial charge in [-0.25, -0.2) is 8.42 Å². The molecule has 2 rings (SSSR count). The van der Waals surface area contributed by atoms with Crippen molar-refractivity contribution < 1.29 is 22.6 Å². The van der Waals surface area contributed by atoms with Crippen LogP contribution >= 0.6 is 24.0 Å². The molecule has 1 fully saturated rings. The summed E-state index contributed by atoms with van der Waals surface area (Å²) in [6, 6.07) is 5.85. The maximum absolute atomic E-state index is 11.1. The highest BCUT2D eigenvalue weighted by Gasteiger charge is 2.18. The van der Waals surface area contributed by atoms with Crippen molar-refractivity contribution in [3.8, 4) is 11.5 Å². The largest absolute Gasteiger partial charge is 0.497 e. The van der Waals surface area contributed by atoms with E-state index in [1.54, 1.807) is 14.2 Å². The second kappa shape index (κ2) is 13.9. The van der Waals surface area contributed by atoms with Crippen LogP contribution in [0, 0.1) is 0 Å². The Morgan fingerprint density at radius 2 is 1.93 bits per heavy atom. The van der Waals surface area contributed by atoms with Crippen LogP contribution in [-0.4, -0.2) is 66.4 Å². The number of sulfone groups is 1. The zero-order valence-corrected chi connectivity index (χ0v) is 21.1. The highest BCUT2D eigenvalue weighted by Crippen LogP contribution is 2.29. The molecule has 0 amide bonds. The number of benzene rings is 1. The van der Waals surface area contributed by atoms with Crippen LogP contribution in [-0.2, 0) is 21.1 Å². The predicted molar refractivity (Wildman–Crippen MR) is 130 cm³/mol. The number of aliphatic imine (C=N–C) groups is 1. The van der Waals surface area contributed by atoms with Gasteiger partial charge in [-0.2, -0.15) is 0 Å². The maximum Gasteiger partial charge on any atom is 0.191 e. The molecule has 0 bridgehead atoms. The molecular formula is C20H34IN3O5S. The van der Waals surface area contributed by atoms with Crippen molar-refractivity contribution in [3.63, 3.8) is 0 Å². The summed E-state index contributed by atoms with van der Waals surface area (Å²) in [5.74, 6) is 2.28. The van der Waals surface area contributed by atoms with Gasteiger partial charge >= 0.3 is 0 Å². The monoisotopic (exact) mass is 555 g/mol. The highest BCUT2D eigenvalue weighted by molar-refractivity contribution is 14.0. The molecule has 8 nitrogen and oxygen atoms in total. The summed E-state index contributed by atoms with van der Waals surface area (Å²) < 4.78 is 39.0. The highest BCUT2D eigenvalue weighted by atomic mass is 127. The van der Waals surface area contributed by atoms with Gasteiger partial charge < -0.3 is 24.8 Å². The van der Waals surface area contributed by atoms with Gasteiger partial charge in [0.25, 0.3) is 0 Å². The molecule has 0 spiro atoms. The van der Waals surface area contributed by atoms with E-state index in [0.29, 0.717) is 25.7 Å². The molecule has 0 saturated heterocycles. The van der Waals surface area contributed by atoms with Crippen molar-refractivity contribution in [1.82, 2.24) is 10.6 Å². The minimum absolute atomic E-state index is 0. The predicted octanol–water partition coefficient (Wildman–Crippen LogP) is 2.36. The molecule has 0 aliphatic heterocycles. The number of nitrogens with zero attached hydrogens (tertiary/aromatic N) is 1. The molecule has 172 valence electrons. The van der Waals surface area contributed by atoms with Crippen LogP contribution in [0.2, 0.25) is 0 Å². The fourth-order valence-corrected chi connectivity index (χ4v) is 3.48. The first kappa shape index (κ1) is 26.8. The smallest absolute Gasteiger partial charge is 0.191 e. The number of hydrogen-bond acceptors (Lipinski definition) is 6. The molecular weight excluding hydrogens is 521 g/mol. The average molecular weight is 555 g/mol. The van der Waals surface area contributed by atoms with Crippen LogP contribution in [0.25, 0.3) is 0 Å². The molecule has 2 N–H and O–H groups in total. The number of rotatable bonds is 11. The van der Waals surface area contributed by atoms with E-state index >= 15 is 0 Å². The lowest BCUT2D eigenvalue weighted by Gasteiger charge is -2.19. The molecule has 1 aromatic rings. The number of hydrogen-bond donors (Lipinski definition) is 2. The van der Waals surface area contributed by atoms with Crippen LogP contribution in [0.3, 0.4) is 0 Å². The number of ether oxygens (including phenoxy) is 3. The molecule has 0 aromatic heterocycles. The van der Waals surface area contributed by atoms with E-state index in [-0.39, 0.29) is 42.4 Å². The number of guanidine groups is 1. The molecule has 10 heteroatoms. The summed E-state index contributed by atoms with van der Waals surface area (Å²) in [6.45, 7) is 1.67. The van der Waals surface area contributed by atoms with E-state index in [4.69, 9.17) is 14.2 Å². The topological polar surface area (TPSA) is 98.3 Å². The summed E-state index contributed by atoms with van der Waals surface area (Å²) in [5.41, 5.74) is 1.03. The third-order valence-electron chi connectivity index (χ3n) is 4.68. The maximum atomic E-state index is 11.1. The normalized spacial score (nSPS) is 14.8. The lowest BCUT2D eigenvalue weighted by molar-refractivity contribution is 0.154. The fraction of sp³-hybridized carbons (Fsp3) is 0.650. The second-order valence-corrected chi connectivity index (χ2v) is 9.35. The first-order valence-corrected chi connectivity index (χ1v) is 12.0. The molecule has 1 aromatic carbocycles. The molecule has 1 saturated carbocycles. The molecule has 0 heterocycles. The van der Waals surface area contributed by atoms with Crippen LogP contribution in [0.1, 0.15) is 31.2 Å². The molecule has 1 aliphatic rings. The van der Waals surface area contributed by atoms with Gasteiger partial charge in [0.15, 0.2) is 5.96 Å². The first-order valence-electron chi connectivity index (χ1n) is 9.95. The quantitative estimate of drug-likeness (QED) is 0.187. The van der Waals surface area contributed by atoms with Gasteiger partial charge in [-0.3, -0.25) is 4.99 Å². The Balaban J connectivity index is 0.00000450. The number of nitrogens with one attached hydrogen (secondary N) is 2. The Kier molecular flexibility index (Phi) is 12.4. The van der Waals surface area contributed by atoms with Crippen molar-refractivity contribution in [2.75, 3.05) is 45.9 Å². The van der Waals surface area contributed by atoms with E-state index in [2.05, 4.69) is 15.6 Å². The molecule has 0 unspecified atom stereocenters. The Labute approximate surface area is 197 Å². The lowest BCUT2D eigenvalue weighted by Crippen LogP contribution is -2.38. The lowest BCUT2D eigenvalue weighted by atomic mass is 10.2. The summed E-state index contributed by atoms with van der Waals surface area (Å²) in [4.78, 5) is 4.20. The molecule has 30 heavy (non-hydrogen) atoms. The van der Waals surface area contributed by atoms with Crippen molar-refractivity contribution in [2.24, 2.45) is 4.99 Å². The van der Waals surface area contributed by atoms with Gasteiger partial charge in [0.05, 0.1) is 32.2 Å². The minimum atomic E-state index is -2.99. The van der Waals surface area contributed by atoms with Crippen molar-refractivity contribution in [3.05, 3.63) is 23.8 Å². The van der Waals surface area contributed by atoms with Crippen LogP contribution in [0.5, 0.6) is 11.5 Å². The Hall–Kier alpha value is -1.27. The van der Waals surface area contributed by atoms with Crippen LogP contribution in [0.4, 0.5) is 0 Å². The van der Waals surface area contributed by atoms with E-state index in [9.17, 15) is 8.42 Å². The molecule has 0 atom stereocenters. The summed E-state index contributed by atoms with van der Waals surface area (Å²) in [5, 5.41) is 6.42. The minimum Gasteiger partial charge on any atom is -0.497 e. The SMILES string of the molecule is CN=C(NCCOCCS(C)(=O)=O)NCc1ccc(OC)cc1OC1CCCC1.I. The standard InChI is InChI=1S/C20H33N3O5S.HI/c1-21-20(22-10-11-27-12-13-29(3,24)25)23-15-16-8-9-18(26-2)14-19(16)28-17-6-4-5-7-17;/h8-9,14,17H,4-7,10-13,15H2,1-3H3,(H2,21,22,23);1H. The van der Waals surface area contributed by atoms with Gasteiger partial charge in [0, 0.05) is 38.0 Å². The first-order chi connectivity index (χ1) is 13.9. The summed E-state index contributed by atoms with van der Waals surface area (Å²) in [7, 11) is 0.356. The fourth-order valence-electron chi connectivity index (χ4n) is 3.06. The summed E-state index contributed by atoms with van der Waals surface area (Å²) in [6.07, 6.45) is 6.07. The van der Waals surface area contributed by atoms with Gasteiger partial charge in [0.2, 0.25) is 0 Å². The van der Waals surface area contributed by atoms with E-state index in [1.807, 2.05) is 18.2 Å². The van der Waals surface area contributed by atoms with Crippen LogP contribution in [0.15, 0.2) is 23.2 Å². The third-order valence-corrected chi connectivity index (χ3v) is 5.59. The average Bonchev–Trinajstić information content (AvgIpc) is 3.19. The van der Waals surface area contributed by atoms with Gasteiger partial charge in [-0.1, -0.05) is 0 Å². The summed E-state index contributed by atoms with van der Waals surface area (Å²) >= 11 is 0.